The number of nitrogens with zero attached hydrogens (tertiary/aromatic N) is 2. The van der Waals surface area contributed by atoms with Gasteiger partial charge in [-0.05, 0) is 19.4 Å². The topological polar surface area (TPSA) is 61.0 Å². The number of rotatable bonds is 5. The van der Waals surface area contributed by atoms with Crippen molar-refractivity contribution in [3.63, 3.8) is 0 Å². The average Bonchev–Trinajstić information content (AvgIpc) is 2.43. The van der Waals surface area contributed by atoms with E-state index in [1.165, 1.54) is 6.07 Å². The molecule has 1 heterocycles. The molecule has 2 rings (SSSR count). The van der Waals surface area contributed by atoms with Crippen LogP contribution in [-0.2, 0) is 13.0 Å². The molecule has 0 saturated carbocycles. The molecular formula is C15H18FN3O. The lowest BCUT2D eigenvalue weighted by Crippen LogP contribution is -2.07. The molecule has 0 aliphatic carbocycles. The quantitative estimate of drug-likeness (QED) is 0.911. The Labute approximate surface area is 117 Å². The van der Waals surface area contributed by atoms with E-state index in [9.17, 15) is 4.39 Å². The molecule has 0 aliphatic rings. The van der Waals surface area contributed by atoms with Crippen molar-refractivity contribution in [3.05, 3.63) is 47.0 Å². The first-order chi connectivity index (χ1) is 9.61. The SMILES string of the molecule is CCCc1nc(N)c(C)c(OCc2ccccc2F)n1. The van der Waals surface area contributed by atoms with Crippen LogP contribution in [0.1, 0.15) is 30.3 Å². The highest BCUT2D eigenvalue weighted by atomic mass is 19.1. The number of hydrogen-bond acceptors (Lipinski definition) is 4. The molecule has 0 unspecified atom stereocenters. The number of aromatic nitrogens is 2. The van der Waals surface area contributed by atoms with Crippen molar-refractivity contribution in [2.75, 3.05) is 5.73 Å². The van der Waals surface area contributed by atoms with Gasteiger partial charge in [-0.3, -0.25) is 0 Å². The summed E-state index contributed by atoms with van der Waals surface area (Å²) in [5.74, 6) is 1.19. The summed E-state index contributed by atoms with van der Waals surface area (Å²) >= 11 is 0. The Hall–Kier alpha value is -2.17. The number of nitrogens with two attached hydrogens (primary N) is 1. The number of hydrogen-bond donors (Lipinski definition) is 1. The zero-order chi connectivity index (χ0) is 14.5. The van der Waals surface area contributed by atoms with E-state index in [1.807, 2.05) is 6.92 Å². The lowest BCUT2D eigenvalue weighted by molar-refractivity contribution is 0.284. The van der Waals surface area contributed by atoms with Crippen LogP contribution in [0.15, 0.2) is 24.3 Å². The van der Waals surface area contributed by atoms with Crippen molar-refractivity contribution in [2.45, 2.75) is 33.3 Å². The highest BCUT2D eigenvalue weighted by Gasteiger charge is 2.10. The zero-order valence-electron chi connectivity index (χ0n) is 11.7. The van der Waals surface area contributed by atoms with Gasteiger partial charge < -0.3 is 10.5 Å². The molecule has 2 N–H and O–H groups in total. The zero-order valence-corrected chi connectivity index (χ0v) is 11.7. The number of nitrogen functional groups attached to an aromatic ring is 1. The molecule has 0 amide bonds. The van der Waals surface area contributed by atoms with Crippen LogP contribution < -0.4 is 10.5 Å². The highest BCUT2D eigenvalue weighted by molar-refractivity contribution is 5.44. The number of halogens is 1. The monoisotopic (exact) mass is 275 g/mol. The summed E-state index contributed by atoms with van der Waals surface area (Å²) < 4.78 is 19.1. The molecule has 0 atom stereocenters. The van der Waals surface area contributed by atoms with Gasteiger partial charge in [-0.2, -0.15) is 4.98 Å². The predicted molar refractivity (Wildman–Crippen MR) is 75.9 cm³/mol. The van der Waals surface area contributed by atoms with E-state index in [0.717, 1.165) is 12.8 Å². The average molecular weight is 275 g/mol. The van der Waals surface area contributed by atoms with Crippen LogP contribution in [-0.4, -0.2) is 9.97 Å². The Balaban J connectivity index is 2.18. The normalized spacial score (nSPS) is 10.6. The van der Waals surface area contributed by atoms with E-state index in [-0.39, 0.29) is 12.4 Å². The summed E-state index contributed by atoms with van der Waals surface area (Å²) in [6.45, 7) is 3.95. The molecule has 0 saturated heterocycles. The Bertz CT molecular complexity index is 602. The molecule has 5 heteroatoms. The molecule has 2 aromatic rings. The van der Waals surface area contributed by atoms with Gasteiger partial charge in [0.15, 0.2) is 0 Å². The fraction of sp³-hybridized carbons (Fsp3) is 0.333. The molecular weight excluding hydrogens is 257 g/mol. The van der Waals surface area contributed by atoms with E-state index in [1.54, 1.807) is 25.1 Å². The summed E-state index contributed by atoms with van der Waals surface area (Å²) in [4.78, 5) is 8.54. The van der Waals surface area contributed by atoms with E-state index in [0.29, 0.717) is 28.6 Å². The maximum absolute atomic E-state index is 13.5. The van der Waals surface area contributed by atoms with Crippen molar-refractivity contribution in [1.82, 2.24) is 9.97 Å². The Morgan fingerprint density at radius 2 is 2.00 bits per heavy atom. The van der Waals surface area contributed by atoms with E-state index < -0.39 is 0 Å². The molecule has 1 aromatic carbocycles. The van der Waals surface area contributed by atoms with E-state index in [2.05, 4.69) is 9.97 Å². The lowest BCUT2D eigenvalue weighted by atomic mass is 10.2. The van der Waals surface area contributed by atoms with E-state index in [4.69, 9.17) is 10.5 Å². The maximum atomic E-state index is 13.5. The molecule has 0 bridgehead atoms. The Morgan fingerprint density at radius 3 is 2.70 bits per heavy atom. The lowest BCUT2D eigenvalue weighted by Gasteiger charge is -2.11. The molecule has 0 aliphatic heterocycles. The Morgan fingerprint density at radius 1 is 1.25 bits per heavy atom. The highest BCUT2D eigenvalue weighted by Crippen LogP contribution is 2.21. The summed E-state index contributed by atoms with van der Waals surface area (Å²) in [7, 11) is 0. The van der Waals surface area contributed by atoms with Gasteiger partial charge in [-0.25, -0.2) is 9.37 Å². The van der Waals surface area contributed by atoms with Crippen LogP contribution in [0.3, 0.4) is 0 Å². The van der Waals surface area contributed by atoms with Crippen LogP contribution >= 0.6 is 0 Å². The van der Waals surface area contributed by atoms with Crippen molar-refractivity contribution >= 4 is 5.82 Å². The van der Waals surface area contributed by atoms with Gasteiger partial charge in [0.1, 0.15) is 24.1 Å². The Kier molecular flexibility index (Phi) is 4.50. The van der Waals surface area contributed by atoms with Gasteiger partial charge in [-0.1, -0.05) is 25.1 Å². The second-order valence-electron chi connectivity index (χ2n) is 4.59. The standard InChI is InChI=1S/C15H18FN3O/c1-3-6-13-18-14(17)10(2)15(19-13)20-9-11-7-4-5-8-12(11)16/h4-5,7-8H,3,6,9H2,1-2H3,(H2,17,18,19). The maximum Gasteiger partial charge on any atom is 0.222 e. The molecule has 0 radical (unpaired) electrons. The van der Waals surface area contributed by atoms with E-state index >= 15 is 0 Å². The number of benzene rings is 1. The summed E-state index contributed by atoms with van der Waals surface area (Å²) in [6.07, 6.45) is 1.66. The minimum atomic E-state index is -0.291. The largest absolute Gasteiger partial charge is 0.472 e. The third-order valence-corrected chi connectivity index (χ3v) is 2.98. The van der Waals surface area contributed by atoms with Gasteiger partial charge >= 0.3 is 0 Å². The van der Waals surface area contributed by atoms with Crippen molar-refractivity contribution in [2.24, 2.45) is 0 Å². The smallest absolute Gasteiger partial charge is 0.222 e. The van der Waals surface area contributed by atoms with Gasteiger partial charge in [0.2, 0.25) is 5.88 Å². The minimum Gasteiger partial charge on any atom is -0.472 e. The first-order valence-electron chi connectivity index (χ1n) is 6.61. The van der Waals surface area contributed by atoms with Gasteiger partial charge in [0, 0.05) is 12.0 Å². The second kappa shape index (κ2) is 6.32. The van der Waals surface area contributed by atoms with Crippen LogP contribution in [0.4, 0.5) is 10.2 Å². The number of anilines is 1. The van der Waals surface area contributed by atoms with Crippen LogP contribution in [0, 0.1) is 12.7 Å². The fourth-order valence-electron chi connectivity index (χ4n) is 1.80. The second-order valence-corrected chi connectivity index (χ2v) is 4.59. The van der Waals surface area contributed by atoms with Crippen molar-refractivity contribution in [3.8, 4) is 5.88 Å². The molecule has 4 nitrogen and oxygen atoms in total. The first-order valence-corrected chi connectivity index (χ1v) is 6.61. The third kappa shape index (κ3) is 3.23. The molecule has 0 fully saturated rings. The molecule has 20 heavy (non-hydrogen) atoms. The molecule has 1 aromatic heterocycles. The van der Waals surface area contributed by atoms with Crippen molar-refractivity contribution < 1.29 is 9.13 Å². The van der Waals surface area contributed by atoms with Gasteiger partial charge in [0.25, 0.3) is 0 Å². The summed E-state index contributed by atoms with van der Waals surface area (Å²) in [5, 5.41) is 0. The van der Waals surface area contributed by atoms with Crippen LogP contribution in [0.5, 0.6) is 5.88 Å². The minimum absolute atomic E-state index is 0.121. The van der Waals surface area contributed by atoms with Crippen molar-refractivity contribution in [1.29, 1.82) is 0 Å². The molecule has 106 valence electrons. The fourth-order valence-corrected chi connectivity index (χ4v) is 1.80. The van der Waals surface area contributed by atoms with Crippen LogP contribution in [0.25, 0.3) is 0 Å². The summed E-state index contributed by atoms with van der Waals surface area (Å²) in [5.41, 5.74) is 7.01. The van der Waals surface area contributed by atoms with Crippen LogP contribution in [0.2, 0.25) is 0 Å². The summed E-state index contributed by atoms with van der Waals surface area (Å²) in [6, 6.07) is 6.50. The predicted octanol–water partition coefficient (Wildman–Crippen LogP) is 3.04. The third-order valence-electron chi connectivity index (χ3n) is 2.98. The number of aryl methyl sites for hydroxylation is 1. The molecule has 0 spiro atoms. The number of ether oxygens (including phenoxy) is 1. The van der Waals surface area contributed by atoms with Gasteiger partial charge in [-0.15, -0.1) is 0 Å². The van der Waals surface area contributed by atoms with Gasteiger partial charge in [0.05, 0.1) is 5.56 Å². The first kappa shape index (κ1) is 14.2.